The second-order valence-corrected chi connectivity index (χ2v) is 2.26. The van der Waals surface area contributed by atoms with E-state index in [1.165, 1.54) is 4.68 Å². The monoisotopic (exact) mass is 184 g/mol. The third-order valence-electron chi connectivity index (χ3n) is 1.46. The van der Waals surface area contributed by atoms with Gasteiger partial charge in [-0.3, -0.25) is 14.8 Å². The highest BCUT2D eigenvalue weighted by molar-refractivity contribution is 5.88. The summed E-state index contributed by atoms with van der Waals surface area (Å²) in [6, 6.07) is 0. The summed E-state index contributed by atoms with van der Waals surface area (Å²) >= 11 is 0. The van der Waals surface area contributed by atoms with E-state index in [0.717, 1.165) is 6.20 Å². The van der Waals surface area contributed by atoms with Crippen molar-refractivity contribution >= 4 is 11.7 Å². The van der Waals surface area contributed by atoms with Gasteiger partial charge in [0.05, 0.1) is 10.9 Å². The number of nitrogens with zero attached hydrogens (tertiary/aromatic N) is 3. The number of rotatable bonds is 3. The van der Waals surface area contributed by atoms with E-state index in [9.17, 15) is 20.0 Å². The van der Waals surface area contributed by atoms with Crippen molar-refractivity contribution in [1.82, 2.24) is 9.78 Å². The summed E-state index contributed by atoms with van der Waals surface area (Å²) in [5.41, 5.74) is -1.17. The van der Waals surface area contributed by atoms with E-state index >= 15 is 0 Å². The number of carbonyl (C=O) groups excluding carboxylic acids is 1. The van der Waals surface area contributed by atoms with E-state index < -0.39 is 22.3 Å². The predicted octanol–water partition coefficient (Wildman–Crippen LogP) is -0.825. The molecule has 0 unspecified atom stereocenters. The average Bonchev–Trinajstić information content (AvgIpc) is 2.47. The van der Waals surface area contributed by atoms with Crippen molar-refractivity contribution in [3.63, 3.8) is 0 Å². The molecule has 1 aromatic heterocycles. The molecular weight excluding hydrogens is 178 g/mol. The number of aromatic nitrogens is 2. The van der Waals surface area contributed by atoms with Crippen LogP contribution in [0.25, 0.3) is 0 Å². The quantitative estimate of drug-likeness (QED) is 0.451. The molecule has 7 heteroatoms. The van der Waals surface area contributed by atoms with Gasteiger partial charge in [0.15, 0.2) is 5.69 Å². The Bertz CT molecular complexity index is 325. The number of aryl methyl sites for hydroxylation is 1. The van der Waals surface area contributed by atoms with Gasteiger partial charge in [-0.15, -0.1) is 0 Å². The summed E-state index contributed by atoms with van der Waals surface area (Å²) in [5, 5.41) is 24.1. The van der Waals surface area contributed by atoms with Gasteiger partial charge in [0, 0.05) is 6.54 Å². The third-order valence-corrected chi connectivity index (χ3v) is 1.46. The largest absolute Gasteiger partial charge is 0.543 e. The molecule has 0 aliphatic rings. The standard InChI is InChI=1S/C6H7N3O4/c1-2-8-3-4(9(12)13)5(7-8)6(10)11/h3H,2H2,1H3,(H,10,11)/p-1. The van der Waals surface area contributed by atoms with Crippen molar-refractivity contribution in [2.75, 3.05) is 0 Å². The highest BCUT2D eigenvalue weighted by Crippen LogP contribution is 2.15. The SMILES string of the molecule is CCn1cc([N+](=O)[O-])c(C(=O)[O-])n1. The third kappa shape index (κ3) is 1.63. The van der Waals surface area contributed by atoms with Crippen molar-refractivity contribution in [2.45, 2.75) is 13.5 Å². The number of carboxylic acid groups (broad SMARTS) is 1. The van der Waals surface area contributed by atoms with Crippen LogP contribution in [0.3, 0.4) is 0 Å². The fraction of sp³-hybridized carbons (Fsp3) is 0.333. The molecule has 1 rings (SSSR count). The van der Waals surface area contributed by atoms with Gasteiger partial charge >= 0.3 is 5.69 Å². The Hall–Kier alpha value is -1.92. The van der Waals surface area contributed by atoms with Crippen molar-refractivity contribution < 1.29 is 14.8 Å². The first-order valence-electron chi connectivity index (χ1n) is 3.49. The van der Waals surface area contributed by atoms with E-state index in [0.29, 0.717) is 6.54 Å². The minimum atomic E-state index is -1.64. The number of aromatic carboxylic acids is 1. The van der Waals surface area contributed by atoms with Gasteiger partial charge in [-0.1, -0.05) is 0 Å². The summed E-state index contributed by atoms with van der Waals surface area (Å²) in [6.45, 7) is 2.06. The van der Waals surface area contributed by atoms with E-state index in [1.807, 2.05) is 0 Å². The summed E-state index contributed by atoms with van der Waals surface area (Å²) in [4.78, 5) is 19.9. The van der Waals surface area contributed by atoms with Gasteiger partial charge in [0.25, 0.3) is 0 Å². The molecule has 0 aliphatic carbocycles. The number of nitro groups is 1. The molecule has 13 heavy (non-hydrogen) atoms. The van der Waals surface area contributed by atoms with Crippen molar-refractivity contribution in [2.24, 2.45) is 0 Å². The van der Waals surface area contributed by atoms with Gasteiger partial charge in [-0.25, -0.2) is 0 Å². The van der Waals surface area contributed by atoms with Gasteiger partial charge in [-0.2, -0.15) is 5.10 Å². The fourth-order valence-corrected chi connectivity index (χ4v) is 0.852. The van der Waals surface area contributed by atoms with Crippen LogP contribution in [-0.2, 0) is 6.54 Å². The first-order valence-corrected chi connectivity index (χ1v) is 3.49. The second kappa shape index (κ2) is 3.21. The molecule has 1 aromatic rings. The molecule has 0 spiro atoms. The molecule has 1 heterocycles. The summed E-state index contributed by atoms with van der Waals surface area (Å²) < 4.78 is 1.17. The van der Waals surface area contributed by atoms with Crippen molar-refractivity contribution in [3.8, 4) is 0 Å². The first kappa shape index (κ1) is 9.17. The Balaban J connectivity index is 3.23. The van der Waals surface area contributed by atoms with Crippen LogP contribution in [0.15, 0.2) is 6.20 Å². The summed E-state index contributed by atoms with van der Waals surface area (Å²) in [7, 11) is 0. The van der Waals surface area contributed by atoms with Crippen LogP contribution < -0.4 is 5.11 Å². The number of carbonyl (C=O) groups is 1. The smallest absolute Gasteiger partial charge is 0.316 e. The molecule has 70 valence electrons. The van der Waals surface area contributed by atoms with E-state index in [4.69, 9.17) is 0 Å². The molecule has 7 nitrogen and oxygen atoms in total. The second-order valence-electron chi connectivity index (χ2n) is 2.26. The lowest BCUT2D eigenvalue weighted by Gasteiger charge is -1.94. The molecule has 0 fully saturated rings. The molecule has 0 N–H and O–H groups in total. The lowest BCUT2D eigenvalue weighted by atomic mass is 10.4. The molecule has 0 amide bonds. The molecule has 0 radical (unpaired) electrons. The average molecular weight is 184 g/mol. The minimum Gasteiger partial charge on any atom is -0.543 e. The highest BCUT2D eigenvalue weighted by atomic mass is 16.6. The molecule has 0 bridgehead atoms. The highest BCUT2D eigenvalue weighted by Gasteiger charge is 2.19. The van der Waals surface area contributed by atoms with E-state index in [1.54, 1.807) is 6.92 Å². The Morgan fingerprint density at radius 1 is 1.77 bits per heavy atom. The number of hydrogen-bond donors (Lipinski definition) is 0. The molecular formula is C6H6N3O4-. The Labute approximate surface area is 72.7 Å². The van der Waals surface area contributed by atoms with Gasteiger partial charge < -0.3 is 9.90 Å². The zero-order chi connectivity index (χ0) is 10.0. The lowest BCUT2D eigenvalue weighted by molar-refractivity contribution is -0.385. The topological polar surface area (TPSA) is 101 Å². The molecule has 0 aliphatic heterocycles. The van der Waals surface area contributed by atoms with Crippen LogP contribution in [0.2, 0.25) is 0 Å². The van der Waals surface area contributed by atoms with Gasteiger partial charge in [-0.05, 0) is 6.92 Å². The molecule has 0 saturated heterocycles. The normalized spacial score (nSPS) is 9.92. The maximum atomic E-state index is 10.4. The van der Waals surface area contributed by atoms with Crippen molar-refractivity contribution in [3.05, 3.63) is 22.0 Å². The van der Waals surface area contributed by atoms with E-state index in [2.05, 4.69) is 5.10 Å². The molecule has 0 saturated carbocycles. The van der Waals surface area contributed by atoms with Gasteiger partial charge in [0.1, 0.15) is 6.20 Å². The lowest BCUT2D eigenvalue weighted by Crippen LogP contribution is -2.24. The Kier molecular flexibility index (Phi) is 2.27. The maximum absolute atomic E-state index is 10.4. The van der Waals surface area contributed by atoms with Crippen LogP contribution in [-0.4, -0.2) is 20.7 Å². The predicted molar refractivity (Wildman–Crippen MR) is 38.9 cm³/mol. The maximum Gasteiger partial charge on any atom is 0.316 e. The van der Waals surface area contributed by atoms with Gasteiger partial charge in [0.2, 0.25) is 0 Å². The van der Waals surface area contributed by atoms with Crippen LogP contribution in [0.4, 0.5) is 5.69 Å². The first-order chi connectivity index (χ1) is 6.06. The van der Waals surface area contributed by atoms with Crippen LogP contribution in [0.1, 0.15) is 17.4 Å². The van der Waals surface area contributed by atoms with Crippen LogP contribution in [0.5, 0.6) is 0 Å². The Morgan fingerprint density at radius 3 is 2.69 bits per heavy atom. The zero-order valence-electron chi connectivity index (χ0n) is 6.76. The van der Waals surface area contributed by atoms with Crippen LogP contribution >= 0.6 is 0 Å². The zero-order valence-corrected chi connectivity index (χ0v) is 6.76. The fourth-order valence-electron chi connectivity index (χ4n) is 0.852. The van der Waals surface area contributed by atoms with E-state index in [-0.39, 0.29) is 0 Å². The van der Waals surface area contributed by atoms with Crippen molar-refractivity contribution in [1.29, 1.82) is 0 Å². The summed E-state index contributed by atoms with van der Waals surface area (Å²) in [5.74, 6) is -1.64. The molecule has 0 aromatic carbocycles. The molecule has 0 atom stereocenters. The number of carboxylic acids is 1. The summed E-state index contributed by atoms with van der Waals surface area (Å²) in [6.07, 6.45) is 1.06. The van der Waals surface area contributed by atoms with Crippen LogP contribution in [0, 0.1) is 10.1 Å². The minimum absolute atomic E-state index is 0.369. The Morgan fingerprint density at radius 2 is 2.38 bits per heavy atom. The number of hydrogen-bond acceptors (Lipinski definition) is 5.